The lowest BCUT2D eigenvalue weighted by atomic mass is 10.1. The van der Waals surface area contributed by atoms with Gasteiger partial charge in [-0.3, -0.25) is 9.59 Å². The molecule has 2 amide bonds. The number of para-hydroxylation sites is 2. The highest BCUT2D eigenvalue weighted by atomic mass is 32.2. The van der Waals surface area contributed by atoms with Gasteiger partial charge >= 0.3 is 0 Å². The van der Waals surface area contributed by atoms with E-state index in [0.29, 0.717) is 22.7 Å². The van der Waals surface area contributed by atoms with Crippen LogP contribution in [0.25, 0.3) is 0 Å². The second kappa shape index (κ2) is 7.99. The Kier molecular flexibility index (Phi) is 5.66. The third-order valence-corrected chi connectivity index (χ3v) is 5.20. The van der Waals surface area contributed by atoms with Crippen LogP contribution in [0.1, 0.15) is 12.0 Å². The predicted molar refractivity (Wildman–Crippen MR) is 105 cm³/mol. The molecule has 2 aromatic rings. The third kappa shape index (κ3) is 4.68. The van der Waals surface area contributed by atoms with Crippen LogP contribution < -0.4 is 20.1 Å². The maximum absolute atomic E-state index is 12.6. The fourth-order valence-corrected chi connectivity index (χ4v) is 3.79. The van der Waals surface area contributed by atoms with Gasteiger partial charge in [-0.2, -0.15) is 0 Å². The SMILES string of the molecule is COc1ccccc1N1CC(C(=O)Nc2ccc(CS(N)(=O)=O)cc2)CC1=O. The van der Waals surface area contributed by atoms with E-state index < -0.39 is 15.9 Å². The van der Waals surface area contributed by atoms with Crippen molar-refractivity contribution < 1.29 is 22.7 Å². The van der Waals surface area contributed by atoms with E-state index in [0.717, 1.165) is 0 Å². The molecular weight excluding hydrogens is 382 g/mol. The molecule has 0 aromatic heterocycles. The topological polar surface area (TPSA) is 119 Å². The minimum Gasteiger partial charge on any atom is -0.495 e. The van der Waals surface area contributed by atoms with Gasteiger partial charge in [0.15, 0.2) is 0 Å². The molecule has 148 valence electrons. The van der Waals surface area contributed by atoms with Crippen molar-refractivity contribution in [3.8, 4) is 5.75 Å². The standard InChI is InChI=1S/C19H21N3O5S/c1-27-17-5-3-2-4-16(17)22-11-14(10-18(22)23)19(24)21-15-8-6-13(7-9-15)12-28(20,25)26/h2-9,14H,10-12H2,1H3,(H,21,24)(H2,20,25,26). The molecule has 1 saturated heterocycles. The molecule has 0 bridgehead atoms. The summed E-state index contributed by atoms with van der Waals surface area (Å²) in [6.07, 6.45) is 0.105. The summed E-state index contributed by atoms with van der Waals surface area (Å²) >= 11 is 0. The Morgan fingerprint density at radius 1 is 1.21 bits per heavy atom. The maximum Gasteiger partial charge on any atom is 0.229 e. The van der Waals surface area contributed by atoms with Crippen molar-refractivity contribution in [3.63, 3.8) is 0 Å². The monoisotopic (exact) mass is 403 g/mol. The van der Waals surface area contributed by atoms with Gasteiger partial charge < -0.3 is 15.0 Å². The van der Waals surface area contributed by atoms with Crippen molar-refractivity contribution in [2.24, 2.45) is 11.1 Å². The Hall–Kier alpha value is -2.91. The summed E-state index contributed by atoms with van der Waals surface area (Å²) in [5.41, 5.74) is 1.68. The molecule has 0 spiro atoms. The molecule has 1 unspecified atom stereocenters. The Labute approximate surface area is 163 Å². The lowest BCUT2D eigenvalue weighted by Crippen LogP contribution is -2.28. The summed E-state index contributed by atoms with van der Waals surface area (Å²) in [6, 6.07) is 13.5. The van der Waals surface area contributed by atoms with E-state index in [-0.39, 0.29) is 30.5 Å². The largest absolute Gasteiger partial charge is 0.495 e. The predicted octanol–water partition coefficient (Wildman–Crippen LogP) is 1.48. The summed E-state index contributed by atoms with van der Waals surface area (Å²) in [4.78, 5) is 26.5. The smallest absolute Gasteiger partial charge is 0.229 e. The number of amides is 2. The van der Waals surface area contributed by atoms with Crippen LogP contribution in [-0.2, 0) is 25.4 Å². The highest BCUT2D eigenvalue weighted by molar-refractivity contribution is 7.88. The first-order valence-electron chi connectivity index (χ1n) is 8.60. The van der Waals surface area contributed by atoms with Crippen molar-refractivity contribution in [2.45, 2.75) is 12.2 Å². The highest BCUT2D eigenvalue weighted by Gasteiger charge is 2.36. The zero-order valence-electron chi connectivity index (χ0n) is 15.3. The summed E-state index contributed by atoms with van der Waals surface area (Å²) in [7, 11) is -2.08. The molecule has 0 aliphatic carbocycles. The average molecular weight is 403 g/mol. The molecule has 9 heteroatoms. The van der Waals surface area contributed by atoms with Gasteiger partial charge in [-0.1, -0.05) is 24.3 Å². The number of hydrogen-bond acceptors (Lipinski definition) is 5. The number of ether oxygens (including phenoxy) is 1. The minimum atomic E-state index is -3.61. The van der Waals surface area contributed by atoms with Gasteiger partial charge in [-0.05, 0) is 29.8 Å². The van der Waals surface area contributed by atoms with Gasteiger partial charge in [0.05, 0.1) is 24.5 Å². The molecule has 3 N–H and O–H groups in total. The molecule has 0 saturated carbocycles. The third-order valence-electron chi connectivity index (χ3n) is 4.46. The van der Waals surface area contributed by atoms with Gasteiger partial charge in [0.25, 0.3) is 0 Å². The number of carbonyl (C=O) groups is 2. The van der Waals surface area contributed by atoms with Gasteiger partial charge in [0.2, 0.25) is 21.8 Å². The summed E-state index contributed by atoms with van der Waals surface area (Å²) in [5.74, 6) is -0.617. The van der Waals surface area contributed by atoms with Gasteiger partial charge in [-0.15, -0.1) is 0 Å². The number of benzene rings is 2. The van der Waals surface area contributed by atoms with Crippen molar-refractivity contribution >= 4 is 33.2 Å². The highest BCUT2D eigenvalue weighted by Crippen LogP contribution is 2.33. The molecule has 8 nitrogen and oxygen atoms in total. The molecule has 0 radical (unpaired) electrons. The quantitative estimate of drug-likeness (QED) is 0.757. The first-order valence-corrected chi connectivity index (χ1v) is 10.3. The zero-order chi connectivity index (χ0) is 20.3. The first-order chi connectivity index (χ1) is 13.3. The van der Waals surface area contributed by atoms with Crippen LogP contribution in [0.5, 0.6) is 5.75 Å². The second-order valence-corrected chi connectivity index (χ2v) is 8.19. The summed E-state index contributed by atoms with van der Waals surface area (Å²) < 4.78 is 27.5. The second-order valence-electron chi connectivity index (χ2n) is 6.57. The average Bonchev–Trinajstić information content (AvgIpc) is 3.04. The molecule has 28 heavy (non-hydrogen) atoms. The number of nitrogens with two attached hydrogens (primary N) is 1. The molecule has 1 aliphatic heterocycles. The zero-order valence-corrected chi connectivity index (χ0v) is 16.1. The van der Waals surface area contributed by atoms with E-state index >= 15 is 0 Å². The van der Waals surface area contributed by atoms with Crippen LogP contribution in [0.4, 0.5) is 11.4 Å². The lowest BCUT2D eigenvalue weighted by Gasteiger charge is -2.19. The van der Waals surface area contributed by atoms with Crippen LogP contribution in [0.2, 0.25) is 0 Å². The van der Waals surface area contributed by atoms with E-state index in [2.05, 4.69) is 5.32 Å². The van der Waals surface area contributed by atoms with Crippen molar-refractivity contribution in [1.82, 2.24) is 0 Å². The number of anilines is 2. The van der Waals surface area contributed by atoms with Gasteiger partial charge in [0.1, 0.15) is 5.75 Å². The molecule has 1 fully saturated rings. The van der Waals surface area contributed by atoms with Crippen LogP contribution >= 0.6 is 0 Å². The van der Waals surface area contributed by atoms with Crippen molar-refractivity contribution in [2.75, 3.05) is 23.9 Å². The molecule has 1 heterocycles. The van der Waals surface area contributed by atoms with E-state index in [1.165, 1.54) is 7.11 Å². The lowest BCUT2D eigenvalue weighted by molar-refractivity contribution is -0.122. The van der Waals surface area contributed by atoms with Crippen LogP contribution in [-0.4, -0.2) is 33.9 Å². The summed E-state index contributed by atoms with van der Waals surface area (Å²) in [5, 5.41) is 7.79. The number of nitrogens with one attached hydrogen (secondary N) is 1. The molecule has 3 rings (SSSR count). The molecule has 1 aliphatic rings. The molecule has 2 aromatic carbocycles. The number of methoxy groups -OCH3 is 1. The number of sulfonamides is 1. The van der Waals surface area contributed by atoms with Crippen LogP contribution in [0, 0.1) is 5.92 Å². The summed E-state index contributed by atoms with van der Waals surface area (Å²) in [6.45, 7) is 0.258. The van der Waals surface area contributed by atoms with E-state index in [1.807, 2.05) is 12.1 Å². The number of hydrogen-bond donors (Lipinski definition) is 2. The number of primary sulfonamides is 1. The Bertz CT molecular complexity index is 989. The first kappa shape index (κ1) is 19.8. The molecule has 1 atom stereocenters. The van der Waals surface area contributed by atoms with E-state index in [1.54, 1.807) is 41.3 Å². The molecular formula is C19H21N3O5S. The number of carbonyl (C=O) groups excluding carboxylic acids is 2. The van der Waals surface area contributed by atoms with E-state index in [4.69, 9.17) is 9.88 Å². The van der Waals surface area contributed by atoms with Crippen LogP contribution in [0.3, 0.4) is 0 Å². The number of rotatable bonds is 6. The van der Waals surface area contributed by atoms with E-state index in [9.17, 15) is 18.0 Å². The Morgan fingerprint density at radius 2 is 1.89 bits per heavy atom. The Balaban J connectivity index is 1.66. The van der Waals surface area contributed by atoms with Crippen molar-refractivity contribution in [1.29, 1.82) is 0 Å². The normalized spacial score (nSPS) is 16.9. The fourth-order valence-electron chi connectivity index (χ4n) is 3.13. The van der Waals surface area contributed by atoms with Gasteiger partial charge in [-0.25, -0.2) is 13.6 Å². The Morgan fingerprint density at radius 3 is 2.54 bits per heavy atom. The number of nitrogens with zero attached hydrogens (tertiary/aromatic N) is 1. The van der Waals surface area contributed by atoms with Crippen molar-refractivity contribution in [3.05, 3.63) is 54.1 Å². The fraction of sp³-hybridized carbons (Fsp3) is 0.263. The minimum absolute atomic E-state index is 0.105. The maximum atomic E-state index is 12.6. The van der Waals surface area contributed by atoms with Gasteiger partial charge in [0, 0.05) is 18.7 Å². The van der Waals surface area contributed by atoms with Crippen LogP contribution in [0.15, 0.2) is 48.5 Å².